The summed E-state index contributed by atoms with van der Waals surface area (Å²) in [6, 6.07) is 0. The summed E-state index contributed by atoms with van der Waals surface area (Å²) in [5.74, 6) is -3.96. The Kier molecular flexibility index (Phi) is 8.02. The molecule has 12 heteroatoms. The second-order valence-electron chi connectivity index (χ2n) is 11.7. The van der Waals surface area contributed by atoms with E-state index in [4.69, 9.17) is 0 Å². The molecule has 0 aromatic carbocycles. The van der Waals surface area contributed by atoms with Crippen molar-refractivity contribution in [3.8, 4) is 0 Å². The molecule has 0 spiro atoms. The quantitative estimate of drug-likeness (QED) is 0.131. The summed E-state index contributed by atoms with van der Waals surface area (Å²) in [6.45, 7) is 7.41. The van der Waals surface area contributed by atoms with Crippen LogP contribution in [-0.4, -0.2) is 64.2 Å². The molecule has 0 fully saturated rings. The van der Waals surface area contributed by atoms with Crippen molar-refractivity contribution in [2.24, 2.45) is 0 Å². The number of carbonyl (C=O) groups is 4. The summed E-state index contributed by atoms with van der Waals surface area (Å²) >= 11 is 0. The van der Waals surface area contributed by atoms with Gasteiger partial charge in [-0.1, -0.05) is 0 Å². The zero-order valence-electron chi connectivity index (χ0n) is 25.1. The van der Waals surface area contributed by atoms with Crippen LogP contribution in [0.5, 0.6) is 0 Å². The highest BCUT2D eigenvalue weighted by Gasteiger charge is 2.26. The molecule has 4 aromatic rings. The van der Waals surface area contributed by atoms with E-state index in [9.17, 15) is 39.6 Å². The zero-order valence-corrected chi connectivity index (χ0v) is 25.1. The number of rotatable bonds is 8. The third-order valence-electron chi connectivity index (χ3n) is 9.01. The Balaban J connectivity index is 1.76. The summed E-state index contributed by atoms with van der Waals surface area (Å²) < 4.78 is 0. The highest BCUT2D eigenvalue weighted by molar-refractivity contribution is 5.74. The minimum atomic E-state index is -1.00. The molecule has 1 aliphatic rings. The van der Waals surface area contributed by atoms with Gasteiger partial charge in [0.1, 0.15) is 0 Å². The highest BCUT2D eigenvalue weighted by Crippen LogP contribution is 2.32. The standard InChI is InChI=1S/C32H36N4O8/c1-13-17(5-29(37)38)25-10-23-15(3)18(6-30(39)40)26(35-23)11-24-16(4)20(8-32(43)44)28(36-24)12-27-19(7-31(41)42)14(2)22(34-27)9-21(13)33-25/h33-36H,5-12H2,1-4H3,(H,37,38)(H,39,40)(H,41,42)(H,43,44). The van der Waals surface area contributed by atoms with Gasteiger partial charge in [0.15, 0.2) is 0 Å². The first-order valence-corrected chi connectivity index (χ1v) is 14.4. The minimum Gasteiger partial charge on any atom is -0.481 e. The highest BCUT2D eigenvalue weighted by atomic mass is 16.4. The Bertz CT molecular complexity index is 1830. The smallest absolute Gasteiger partial charge is 0.307 e. The maximum Gasteiger partial charge on any atom is 0.307 e. The van der Waals surface area contributed by atoms with E-state index in [0.717, 1.165) is 45.0 Å². The molecule has 0 amide bonds. The van der Waals surface area contributed by atoms with Crippen molar-refractivity contribution >= 4 is 23.9 Å². The largest absolute Gasteiger partial charge is 0.481 e. The molecule has 0 saturated heterocycles. The molecule has 0 atom stereocenters. The maximum atomic E-state index is 11.9. The van der Waals surface area contributed by atoms with Gasteiger partial charge in [-0.3, -0.25) is 19.2 Å². The second-order valence-corrected chi connectivity index (χ2v) is 11.7. The van der Waals surface area contributed by atoms with E-state index in [1.807, 2.05) is 27.7 Å². The number of carboxylic acids is 4. The molecular weight excluding hydrogens is 568 g/mol. The van der Waals surface area contributed by atoms with Gasteiger partial charge in [-0.25, -0.2) is 0 Å². The number of hydrogen-bond acceptors (Lipinski definition) is 4. The van der Waals surface area contributed by atoms with Crippen LogP contribution in [0.3, 0.4) is 0 Å². The number of H-pyrrole nitrogens is 4. The summed E-state index contributed by atoms with van der Waals surface area (Å²) in [5, 5.41) is 38.9. The molecule has 0 unspecified atom stereocenters. The topological polar surface area (TPSA) is 212 Å². The van der Waals surface area contributed by atoms with Gasteiger partial charge in [0, 0.05) is 71.2 Å². The number of aliphatic carboxylic acids is 4. The van der Waals surface area contributed by atoms with Crippen molar-refractivity contribution in [3.63, 3.8) is 0 Å². The minimum absolute atomic E-state index is 0.192. The molecule has 0 aliphatic carbocycles. The van der Waals surface area contributed by atoms with Crippen LogP contribution in [0, 0.1) is 27.7 Å². The lowest BCUT2D eigenvalue weighted by Gasteiger charge is -2.06. The van der Waals surface area contributed by atoms with Crippen LogP contribution in [0.15, 0.2) is 0 Å². The van der Waals surface area contributed by atoms with E-state index in [1.54, 1.807) is 0 Å². The third-order valence-corrected chi connectivity index (χ3v) is 9.01. The average Bonchev–Trinajstić information content (AvgIpc) is 3.56. The molecule has 232 valence electrons. The maximum absolute atomic E-state index is 11.9. The molecule has 44 heavy (non-hydrogen) atoms. The Morgan fingerprint density at radius 1 is 0.409 bits per heavy atom. The zero-order chi connectivity index (χ0) is 32.0. The molecule has 12 nitrogen and oxygen atoms in total. The number of carboxylic acid groups (broad SMARTS) is 4. The molecule has 5 heterocycles. The van der Waals surface area contributed by atoms with Crippen molar-refractivity contribution in [1.82, 2.24) is 19.9 Å². The van der Waals surface area contributed by atoms with Crippen LogP contribution in [0.4, 0.5) is 0 Å². The molecule has 1 aliphatic heterocycles. The average molecular weight is 605 g/mol. The summed E-state index contributed by atoms with van der Waals surface area (Å²) in [7, 11) is 0. The first-order valence-electron chi connectivity index (χ1n) is 14.4. The van der Waals surface area contributed by atoms with Crippen molar-refractivity contribution in [1.29, 1.82) is 0 Å². The number of aromatic nitrogens is 4. The van der Waals surface area contributed by atoms with Gasteiger partial charge in [0.2, 0.25) is 0 Å². The van der Waals surface area contributed by atoms with Gasteiger partial charge < -0.3 is 40.4 Å². The van der Waals surface area contributed by atoms with E-state index < -0.39 is 23.9 Å². The van der Waals surface area contributed by atoms with Crippen LogP contribution >= 0.6 is 0 Å². The lowest BCUT2D eigenvalue weighted by Crippen LogP contribution is -2.07. The predicted molar refractivity (Wildman–Crippen MR) is 159 cm³/mol. The molecule has 4 aromatic heterocycles. The van der Waals surface area contributed by atoms with E-state index >= 15 is 0 Å². The number of fused-ring (bicyclic) bond motifs is 8. The van der Waals surface area contributed by atoms with Gasteiger partial charge in [-0.2, -0.15) is 0 Å². The number of nitrogens with one attached hydrogen (secondary N) is 4. The molecule has 0 saturated carbocycles. The molecule has 0 radical (unpaired) electrons. The summed E-state index contributed by atoms with van der Waals surface area (Å²) in [5.41, 5.74) is 11.4. The molecular formula is C32H36N4O8. The van der Waals surface area contributed by atoms with Crippen molar-refractivity contribution < 1.29 is 39.6 Å². The van der Waals surface area contributed by atoms with Gasteiger partial charge in [0.05, 0.1) is 25.7 Å². The summed E-state index contributed by atoms with van der Waals surface area (Å²) in [6.07, 6.45) is 0.354. The van der Waals surface area contributed by atoms with E-state index in [2.05, 4.69) is 19.9 Å². The van der Waals surface area contributed by atoms with Gasteiger partial charge in [-0.15, -0.1) is 0 Å². The monoisotopic (exact) mass is 604 g/mol. The van der Waals surface area contributed by atoms with Gasteiger partial charge in [-0.05, 0) is 72.2 Å². The van der Waals surface area contributed by atoms with E-state index in [-0.39, 0.29) is 38.5 Å². The van der Waals surface area contributed by atoms with Crippen LogP contribution in [0.2, 0.25) is 0 Å². The lowest BCUT2D eigenvalue weighted by atomic mass is 9.97. The molecule has 8 bridgehead atoms. The fourth-order valence-electron chi connectivity index (χ4n) is 6.62. The van der Waals surface area contributed by atoms with Gasteiger partial charge >= 0.3 is 23.9 Å². The van der Waals surface area contributed by atoms with Crippen molar-refractivity contribution in [2.45, 2.75) is 79.1 Å². The Morgan fingerprint density at radius 3 is 0.795 bits per heavy atom. The number of aromatic amines is 4. The second kappa shape index (κ2) is 11.6. The van der Waals surface area contributed by atoms with Crippen LogP contribution < -0.4 is 0 Å². The van der Waals surface area contributed by atoms with Crippen LogP contribution in [0.1, 0.15) is 90.1 Å². The van der Waals surface area contributed by atoms with E-state index in [0.29, 0.717) is 57.9 Å². The van der Waals surface area contributed by atoms with Crippen molar-refractivity contribution in [2.75, 3.05) is 0 Å². The Hall–Kier alpha value is -5.00. The lowest BCUT2D eigenvalue weighted by molar-refractivity contribution is -0.137. The normalized spacial score (nSPS) is 12.8. The SMILES string of the molecule is Cc1c2[nH]c(c1CC(=O)O)Cc1[nH]c(c(CC(=O)O)c1C)Cc1[nH]c(c(CC(=O)O)c1C)Cc1[nH]c(c(C)c1CC(=O)O)C2. The molecule has 5 rings (SSSR count). The first kappa shape index (κ1) is 30.5. The Morgan fingerprint density at radius 2 is 0.591 bits per heavy atom. The number of hydrogen-bond donors (Lipinski definition) is 8. The fourth-order valence-corrected chi connectivity index (χ4v) is 6.62. The van der Waals surface area contributed by atoms with Crippen LogP contribution in [0.25, 0.3) is 0 Å². The summed E-state index contributed by atoms with van der Waals surface area (Å²) in [4.78, 5) is 61.2. The third kappa shape index (κ3) is 5.79. The van der Waals surface area contributed by atoms with Crippen LogP contribution in [-0.2, 0) is 70.5 Å². The van der Waals surface area contributed by atoms with Crippen molar-refractivity contribution in [3.05, 3.63) is 90.1 Å². The predicted octanol–water partition coefficient (Wildman–Crippen LogP) is 3.42. The molecule has 8 N–H and O–H groups in total. The Labute approximate surface area is 252 Å². The first-order chi connectivity index (χ1) is 20.7. The fraction of sp³-hybridized carbons (Fsp3) is 0.375. The van der Waals surface area contributed by atoms with Gasteiger partial charge in [0.25, 0.3) is 0 Å². The van der Waals surface area contributed by atoms with E-state index in [1.165, 1.54) is 0 Å².